The number of hydrogen-bond donors (Lipinski definition) is 1. The smallest absolute Gasteiger partial charge is 0.387 e. The first-order valence-electron chi connectivity index (χ1n) is 7.41. The SMILES string of the molecule is CCC=C(C)C(=O)Nc1nc(-c2ccc(OC(F)F)cc2)c(C)s1. The summed E-state index contributed by atoms with van der Waals surface area (Å²) in [4.78, 5) is 17.4. The number of ether oxygens (including phenoxy) is 1. The summed E-state index contributed by atoms with van der Waals surface area (Å²) in [5.74, 6) is -0.0895. The Morgan fingerprint density at radius 2 is 2.04 bits per heavy atom. The van der Waals surface area contributed by atoms with E-state index in [0.717, 1.165) is 16.9 Å². The van der Waals surface area contributed by atoms with Crippen LogP contribution in [0.4, 0.5) is 13.9 Å². The number of anilines is 1. The number of thiazole rings is 1. The maximum Gasteiger partial charge on any atom is 0.387 e. The van der Waals surface area contributed by atoms with Crippen LogP contribution in [0.15, 0.2) is 35.9 Å². The van der Waals surface area contributed by atoms with E-state index < -0.39 is 6.61 Å². The van der Waals surface area contributed by atoms with E-state index in [-0.39, 0.29) is 11.7 Å². The van der Waals surface area contributed by atoms with Crippen LogP contribution in [0.25, 0.3) is 11.3 Å². The molecule has 1 aromatic heterocycles. The molecule has 0 aliphatic heterocycles. The highest BCUT2D eigenvalue weighted by Gasteiger charge is 2.13. The number of nitrogens with one attached hydrogen (secondary N) is 1. The van der Waals surface area contributed by atoms with Crippen LogP contribution < -0.4 is 10.1 Å². The zero-order valence-corrected chi connectivity index (χ0v) is 14.4. The molecule has 0 bridgehead atoms. The summed E-state index contributed by atoms with van der Waals surface area (Å²) in [6.07, 6.45) is 2.63. The van der Waals surface area contributed by atoms with Gasteiger partial charge in [-0.15, -0.1) is 11.3 Å². The maximum absolute atomic E-state index is 12.2. The third-order valence-electron chi connectivity index (χ3n) is 3.24. The van der Waals surface area contributed by atoms with Crippen molar-refractivity contribution in [2.75, 3.05) is 5.32 Å². The lowest BCUT2D eigenvalue weighted by atomic mass is 10.1. The predicted octanol–water partition coefficient (Wildman–Crippen LogP) is 5.01. The van der Waals surface area contributed by atoms with Gasteiger partial charge in [-0.05, 0) is 44.5 Å². The van der Waals surface area contributed by atoms with Crippen molar-refractivity contribution in [2.24, 2.45) is 0 Å². The molecule has 0 aliphatic rings. The molecule has 2 aromatic rings. The van der Waals surface area contributed by atoms with Gasteiger partial charge in [0.05, 0.1) is 5.69 Å². The molecule has 0 atom stereocenters. The lowest BCUT2D eigenvalue weighted by Crippen LogP contribution is -2.12. The van der Waals surface area contributed by atoms with Crippen molar-refractivity contribution in [1.29, 1.82) is 0 Å². The van der Waals surface area contributed by atoms with Gasteiger partial charge >= 0.3 is 6.61 Å². The van der Waals surface area contributed by atoms with E-state index in [4.69, 9.17) is 0 Å². The number of aryl methyl sites for hydroxylation is 1. The molecular formula is C17H18F2N2O2S. The van der Waals surface area contributed by atoms with Crippen LogP contribution in [0, 0.1) is 6.92 Å². The van der Waals surface area contributed by atoms with Gasteiger partial charge in [-0.3, -0.25) is 10.1 Å². The van der Waals surface area contributed by atoms with Crippen molar-refractivity contribution in [3.63, 3.8) is 0 Å². The molecule has 0 unspecified atom stereocenters. The number of alkyl halides is 2. The number of carbonyl (C=O) groups is 1. The zero-order valence-electron chi connectivity index (χ0n) is 13.6. The summed E-state index contributed by atoms with van der Waals surface area (Å²) in [6.45, 7) is 2.75. The van der Waals surface area contributed by atoms with Crippen molar-refractivity contribution in [2.45, 2.75) is 33.8 Å². The van der Waals surface area contributed by atoms with Crippen molar-refractivity contribution in [3.8, 4) is 17.0 Å². The maximum atomic E-state index is 12.2. The lowest BCUT2D eigenvalue weighted by Gasteiger charge is -2.05. The molecular weight excluding hydrogens is 334 g/mol. The van der Waals surface area contributed by atoms with Gasteiger partial charge in [0.25, 0.3) is 5.91 Å². The van der Waals surface area contributed by atoms with Crippen molar-refractivity contribution in [3.05, 3.63) is 40.8 Å². The number of aromatic nitrogens is 1. The number of amides is 1. The van der Waals surface area contributed by atoms with E-state index in [9.17, 15) is 13.6 Å². The van der Waals surface area contributed by atoms with E-state index >= 15 is 0 Å². The molecule has 4 nitrogen and oxygen atoms in total. The molecule has 2 rings (SSSR count). The number of benzene rings is 1. The first-order valence-corrected chi connectivity index (χ1v) is 8.23. The number of allylic oxidation sites excluding steroid dienone is 1. The Morgan fingerprint density at radius 1 is 1.38 bits per heavy atom. The van der Waals surface area contributed by atoms with Gasteiger partial charge in [-0.1, -0.05) is 13.0 Å². The summed E-state index contributed by atoms with van der Waals surface area (Å²) in [5, 5.41) is 3.28. The minimum absolute atomic E-state index is 0.0930. The topological polar surface area (TPSA) is 51.2 Å². The molecule has 0 aliphatic carbocycles. The van der Waals surface area contributed by atoms with Crippen LogP contribution in [0.5, 0.6) is 5.75 Å². The molecule has 0 spiro atoms. The average molecular weight is 352 g/mol. The third kappa shape index (κ3) is 4.61. The summed E-state index contributed by atoms with van der Waals surface area (Å²) in [5.41, 5.74) is 2.11. The highest BCUT2D eigenvalue weighted by molar-refractivity contribution is 7.16. The first kappa shape index (κ1) is 18.1. The van der Waals surface area contributed by atoms with Gasteiger partial charge in [0.1, 0.15) is 5.75 Å². The lowest BCUT2D eigenvalue weighted by molar-refractivity contribution is -0.112. The molecule has 1 N–H and O–H groups in total. The Bertz CT molecular complexity index is 740. The number of halogens is 2. The average Bonchev–Trinajstić information content (AvgIpc) is 2.88. The summed E-state index contributed by atoms with van der Waals surface area (Å²) in [6, 6.07) is 6.25. The molecule has 1 aromatic carbocycles. The molecule has 128 valence electrons. The van der Waals surface area contributed by atoms with Gasteiger partial charge in [-0.25, -0.2) is 4.98 Å². The van der Waals surface area contributed by atoms with Crippen LogP contribution in [-0.4, -0.2) is 17.5 Å². The van der Waals surface area contributed by atoms with Crippen LogP contribution in [0.2, 0.25) is 0 Å². The number of carbonyl (C=O) groups excluding carboxylic acids is 1. The minimum atomic E-state index is -2.85. The highest BCUT2D eigenvalue weighted by Crippen LogP contribution is 2.31. The van der Waals surface area contributed by atoms with Gasteiger partial charge in [0.2, 0.25) is 0 Å². The van der Waals surface area contributed by atoms with Crippen LogP contribution >= 0.6 is 11.3 Å². The largest absolute Gasteiger partial charge is 0.435 e. The van der Waals surface area contributed by atoms with Crippen LogP contribution in [0.1, 0.15) is 25.1 Å². The highest BCUT2D eigenvalue weighted by atomic mass is 32.1. The van der Waals surface area contributed by atoms with E-state index in [1.807, 2.05) is 19.9 Å². The third-order valence-corrected chi connectivity index (χ3v) is 4.12. The Morgan fingerprint density at radius 3 is 2.62 bits per heavy atom. The fourth-order valence-electron chi connectivity index (χ4n) is 2.11. The van der Waals surface area contributed by atoms with Crippen LogP contribution in [-0.2, 0) is 4.79 Å². The molecule has 1 heterocycles. The normalized spacial score (nSPS) is 11.7. The Hall–Kier alpha value is -2.28. The second-order valence-corrected chi connectivity index (χ2v) is 6.28. The Kier molecular flexibility index (Phi) is 6.03. The molecule has 7 heteroatoms. The quantitative estimate of drug-likeness (QED) is 0.743. The molecule has 24 heavy (non-hydrogen) atoms. The number of hydrogen-bond acceptors (Lipinski definition) is 4. The van der Waals surface area contributed by atoms with E-state index in [0.29, 0.717) is 16.4 Å². The summed E-state index contributed by atoms with van der Waals surface area (Å²) >= 11 is 1.37. The predicted molar refractivity (Wildman–Crippen MR) is 91.6 cm³/mol. The summed E-state index contributed by atoms with van der Waals surface area (Å²) in [7, 11) is 0. The molecule has 0 saturated heterocycles. The van der Waals surface area contributed by atoms with Gasteiger partial charge in [0, 0.05) is 16.0 Å². The number of rotatable bonds is 6. The fraction of sp³-hybridized carbons (Fsp3) is 0.294. The molecule has 0 fully saturated rings. The Labute approximate surface area is 143 Å². The molecule has 0 saturated carbocycles. The van der Waals surface area contributed by atoms with Crippen molar-refractivity contribution < 1.29 is 18.3 Å². The standard InChI is InChI=1S/C17H18F2N2O2S/c1-4-5-10(2)15(22)21-17-20-14(11(3)24-17)12-6-8-13(9-7-12)23-16(18)19/h5-9,16H,4H2,1-3H3,(H,20,21,22). The van der Waals surface area contributed by atoms with Crippen molar-refractivity contribution >= 4 is 22.4 Å². The summed E-state index contributed by atoms with van der Waals surface area (Å²) < 4.78 is 28.7. The Balaban J connectivity index is 2.16. The van der Waals surface area contributed by atoms with E-state index in [1.165, 1.54) is 23.5 Å². The minimum Gasteiger partial charge on any atom is -0.435 e. The van der Waals surface area contributed by atoms with Gasteiger partial charge in [0.15, 0.2) is 5.13 Å². The fourth-order valence-corrected chi connectivity index (χ4v) is 2.94. The zero-order chi connectivity index (χ0) is 17.7. The van der Waals surface area contributed by atoms with E-state index in [1.54, 1.807) is 19.1 Å². The van der Waals surface area contributed by atoms with Crippen molar-refractivity contribution in [1.82, 2.24) is 4.98 Å². The molecule has 0 radical (unpaired) electrons. The molecule has 1 amide bonds. The van der Waals surface area contributed by atoms with Crippen LogP contribution in [0.3, 0.4) is 0 Å². The van der Waals surface area contributed by atoms with Gasteiger partial charge in [-0.2, -0.15) is 8.78 Å². The second-order valence-electron chi connectivity index (χ2n) is 5.08. The van der Waals surface area contributed by atoms with Gasteiger partial charge < -0.3 is 4.74 Å². The second kappa shape index (κ2) is 8.01. The number of nitrogens with zero attached hydrogens (tertiary/aromatic N) is 1. The first-order chi connectivity index (χ1) is 11.4. The monoisotopic (exact) mass is 352 g/mol. The van der Waals surface area contributed by atoms with E-state index in [2.05, 4.69) is 15.0 Å².